The van der Waals surface area contributed by atoms with E-state index in [1.807, 2.05) is 0 Å². The van der Waals surface area contributed by atoms with Gasteiger partial charge >= 0.3 is 6.18 Å². The Balaban J connectivity index is 2.56. The van der Waals surface area contributed by atoms with Crippen LogP contribution in [0.3, 0.4) is 0 Å². The number of benzene rings is 1. The van der Waals surface area contributed by atoms with Gasteiger partial charge in [0.1, 0.15) is 6.33 Å². The van der Waals surface area contributed by atoms with Crippen LogP contribution in [-0.2, 0) is 16.2 Å². The zero-order valence-electron chi connectivity index (χ0n) is 10.6. The molecule has 1 aromatic carbocycles. The van der Waals surface area contributed by atoms with Crippen LogP contribution in [0.1, 0.15) is 11.3 Å². The molecule has 0 aliphatic rings. The number of nitrogens with zero attached hydrogens (tertiary/aromatic N) is 2. The SMILES string of the molecule is Cc1ccc(S(=O)(=O)n2cnc(C(F)(F)F)cc2=O)cc1. The molecule has 2 aromatic rings. The first-order chi connectivity index (χ1) is 9.62. The first-order valence-electron chi connectivity index (χ1n) is 5.60. The largest absolute Gasteiger partial charge is 0.433 e. The molecule has 0 fully saturated rings. The Labute approximate surface area is 117 Å². The summed E-state index contributed by atoms with van der Waals surface area (Å²) in [4.78, 5) is 14.4. The minimum atomic E-state index is -4.81. The molecule has 21 heavy (non-hydrogen) atoms. The highest BCUT2D eigenvalue weighted by atomic mass is 32.2. The summed E-state index contributed by atoms with van der Waals surface area (Å²) < 4.78 is 61.7. The summed E-state index contributed by atoms with van der Waals surface area (Å²) in [6.07, 6.45) is -4.45. The quantitative estimate of drug-likeness (QED) is 0.847. The zero-order chi connectivity index (χ0) is 15.8. The van der Waals surface area contributed by atoms with Gasteiger partial charge < -0.3 is 0 Å². The number of alkyl halides is 3. The number of aryl methyl sites for hydroxylation is 1. The Hall–Kier alpha value is -2.16. The van der Waals surface area contributed by atoms with Crippen LogP contribution in [0.5, 0.6) is 0 Å². The average Bonchev–Trinajstić information content (AvgIpc) is 2.37. The van der Waals surface area contributed by atoms with Crippen LogP contribution < -0.4 is 5.56 Å². The normalized spacial score (nSPS) is 12.4. The standard InChI is InChI=1S/C12H9F3N2O3S/c1-8-2-4-9(5-3-8)21(19,20)17-7-16-10(6-11(17)18)12(13,14)15/h2-7H,1H3. The van der Waals surface area contributed by atoms with Gasteiger partial charge in [0.15, 0.2) is 5.69 Å². The van der Waals surface area contributed by atoms with Crippen molar-refractivity contribution >= 4 is 10.0 Å². The molecule has 0 spiro atoms. The molecule has 112 valence electrons. The molecule has 1 heterocycles. The van der Waals surface area contributed by atoms with Crippen LogP contribution in [0.4, 0.5) is 13.2 Å². The van der Waals surface area contributed by atoms with Crippen molar-refractivity contribution in [1.82, 2.24) is 8.96 Å². The summed E-state index contributed by atoms with van der Waals surface area (Å²) in [6, 6.07) is 5.68. The van der Waals surface area contributed by atoms with E-state index in [0.717, 1.165) is 5.56 Å². The van der Waals surface area contributed by atoms with Crippen molar-refractivity contribution in [2.24, 2.45) is 0 Å². The second-order valence-corrected chi connectivity index (χ2v) is 6.04. The van der Waals surface area contributed by atoms with E-state index in [4.69, 9.17) is 0 Å². The average molecular weight is 318 g/mol. The Morgan fingerprint density at radius 3 is 2.19 bits per heavy atom. The lowest BCUT2D eigenvalue weighted by atomic mass is 10.2. The van der Waals surface area contributed by atoms with Crippen molar-refractivity contribution in [1.29, 1.82) is 0 Å². The van der Waals surface area contributed by atoms with Crippen molar-refractivity contribution in [3.05, 3.63) is 58.3 Å². The fraction of sp³-hybridized carbons (Fsp3) is 0.167. The lowest BCUT2D eigenvalue weighted by Gasteiger charge is -2.09. The van der Waals surface area contributed by atoms with Crippen molar-refractivity contribution in [2.75, 3.05) is 0 Å². The molecular weight excluding hydrogens is 309 g/mol. The summed E-state index contributed by atoms with van der Waals surface area (Å²) in [5, 5.41) is 0. The van der Waals surface area contributed by atoms with E-state index in [2.05, 4.69) is 4.98 Å². The van der Waals surface area contributed by atoms with Crippen LogP contribution in [0.2, 0.25) is 0 Å². The van der Waals surface area contributed by atoms with Gasteiger partial charge in [-0.2, -0.15) is 17.1 Å². The number of halogens is 3. The van der Waals surface area contributed by atoms with E-state index in [-0.39, 0.29) is 14.9 Å². The highest BCUT2D eigenvalue weighted by Crippen LogP contribution is 2.26. The third-order valence-corrected chi connectivity index (χ3v) is 4.31. The van der Waals surface area contributed by atoms with Crippen molar-refractivity contribution in [3.8, 4) is 0 Å². The van der Waals surface area contributed by atoms with Gasteiger partial charge in [0.05, 0.1) is 4.90 Å². The fourth-order valence-electron chi connectivity index (χ4n) is 1.55. The molecule has 0 atom stereocenters. The molecule has 0 saturated heterocycles. The molecule has 2 rings (SSSR count). The van der Waals surface area contributed by atoms with Crippen molar-refractivity contribution in [3.63, 3.8) is 0 Å². The molecule has 0 radical (unpaired) electrons. The molecule has 9 heteroatoms. The van der Waals surface area contributed by atoms with E-state index in [9.17, 15) is 26.4 Å². The molecule has 5 nitrogen and oxygen atoms in total. The lowest BCUT2D eigenvalue weighted by molar-refractivity contribution is -0.141. The number of rotatable bonds is 2. The van der Waals surface area contributed by atoms with E-state index >= 15 is 0 Å². The minimum absolute atomic E-state index is 0.145. The van der Waals surface area contributed by atoms with E-state index in [1.54, 1.807) is 6.92 Å². The van der Waals surface area contributed by atoms with Crippen LogP contribution in [0.25, 0.3) is 0 Å². The summed E-state index contributed by atoms with van der Waals surface area (Å²) in [5.74, 6) is 0. The predicted molar refractivity (Wildman–Crippen MR) is 67.3 cm³/mol. The molecule has 0 amide bonds. The molecule has 0 unspecified atom stereocenters. The highest BCUT2D eigenvalue weighted by Gasteiger charge is 2.33. The number of aromatic nitrogens is 2. The van der Waals surface area contributed by atoms with Gasteiger partial charge in [-0.25, -0.2) is 13.4 Å². The van der Waals surface area contributed by atoms with Crippen LogP contribution in [-0.4, -0.2) is 17.4 Å². The van der Waals surface area contributed by atoms with Gasteiger partial charge in [-0.15, -0.1) is 0 Å². The second-order valence-electron chi connectivity index (χ2n) is 4.22. The van der Waals surface area contributed by atoms with Gasteiger partial charge in [-0.1, -0.05) is 17.7 Å². The van der Waals surface area contributed by atoms with Gasteiger partial charge in [-0.05, 0) is 19.1 Å². The summed E-state index contributed by atoms with van der Waals surface area (Å²) in [7, 11) is -4.27. The van der Waals surface area contributed by atoms with Crippen LogP contribution in [0, 0.1) is 6.92 Å². The topological polar surface area (TPSA) is 69.0 Å². The molecule has 0 aliphatic carbocycles. The third-order valence-electron chi connectivity index (χ3n) is 2.65. The first-order valence-corrected chi connectivity index (χ1v) is 7.04. The van der Waals surface area contributed by atoms with E-state index < -0.39 is 27.5 Å². The molecule has 0 N–H and O–H groups in total. The Kier molecular flexibility index (Phi) is 3.62. The summed E-state index contributed by atoms with van der Waals surface area (Å²) in [6.45, 7) is 1.74. The maximum Gasteiger partial charge on any atom is 0.433 e. The first kappa shape index (κ1) is 15.2. The van der Waals surface area contributed by atoms with E-state index in [0.29, 0.717) is 6.33 Å². The predicted octanol–water partition coefficient (Wildman–Crippen LogP) is 1.81. The summed E-state index contributed by atoms with van der Waals surface area (Å²) in [5.41, 5.74) is -1.97. The number of hydrogen-bond donors (Lipinski definition) is 0. The molecule has 0 aliphatic heterocycles. The molecule has 0 saturated carbocycles. The van der Waals surface area contributed by atoms with Gasteiger partial charge in [-0.3, -0.25) is 4.79 Å². The van der Waals surface area contributed by atoms with Crippen molar-refractivity contribution < 1.29 is 21.6 Å². The second kappa shape index (κ2) is 4.99. The minimum Gasteiger partial charge on any atom is -0.268 e. The zero-order valence-corrected chi connectivity index (χ0v) is 11.4. The van der Waals surface area contributed by atoms with Crippen molar-refractivity contribution in [2.45, 2.75) is 18.0 Å². The van der Waals surface area contributed by atoms with Crippen LogP contribution in [0.15, 0.2) is 46.3 Å². The maximum absolute atomic E-state index is 12.4. The Morgan fingerprint density at radius 1 is 1.14 bits per heavy atom. The van der Waals surface area contributed by atoms with Crippen LogP contribution >= 0.6 is 0 Å². The molecule has 0 bridgehead atoms. The smallest absolute Gasteiger partial charge is 0.268 e. The summed E-state index contributed by atoms with van der Waals surface area (Å²) >= 11 is 0. The molecule has 1 aromatic heterocycles. The van der Waals surface area contributed by atoms with Gasteiger partial charge in [0.25, 0.3) is 15.6 Å². The fourth-order valence-corrected chi connectivity index (χ4v) is 2.72. The highest BCUT2D eigenvalue weighted by molar-refractivity contribution is 7.90. The maximum atomic E-state index is 12.4. The van der Waals surface area contributed by atoms with Gasteiger partial charge in [0.2, 0.25) is 0 Å². The lowest BCUT2D eigenvalue weighted by Crippen LogP contribution is -2.29. The Bertz CT molecular complexity index is 824. The van der Waals surface area contributed by atoms with E-state index in [1.165, 1.54) is 24.3 Å². The number of hydrogen-bond acceptors (Lipinski definition) is 4. The third kappa shape index (κ3) is 2.97. The Morgan fingerprint density at radius 2 is 1.71 bits per heavy atom. The monoisotopic (exact) mass is 318 g/mol. The van der Waals surface area contributed by atoms with Gasteiger partial charge in [0, 0.05) is 6.07 Å². The molecular formula is C12H9F3N2O3S.